The Hall–Kier alpha value is -3.32. The van der Waals surface area contributed by atoms with Crippen LogP contribution >= 0.6 is 0 Å². The van der Waals surface area contributed by atoms with Gasteiger partial charge in [0.2, 0.25) is 5.91 Å². The molecule has 1 atom stereocenters. The second-order valence-electron chi connectivity index (χ2n) is 10.0. The van der Waals surface area contributed by atoms with Crippen molar-refractivity contribution in [2.45, 2.75) is 58.4 Å². The molecule has 7 nitrogen and oxygen atoms in total. The SMILES string of the molecule is CCCC(C)(CC)c1c(C2=CC=C(OCCOC)C=CC2)n(CC(=O)N(C)C)c2cc(C(=O)O)ccc12. The van der Waals surface area contributed by atoms with Crippen molar-refractivity contribution in [2.24, 2.45) is 0 Å². The van der Waals surface area contributed by atoms with Crippen LogP contribution in [0.15, 0.2) is 48.3 Å². The smallest absolute Gasteiger partial charge is 0.335 e. The second kappa shape index (κ2) is 12.3. The van der Waals surface area contributed by atoms with Gasteiger partial charge in [-0.2, -0.15) is 0 Å². The van der Waals surface area contributed by atoms with Gasteiger partial charge in [0.1, 0.15) is 18.9 Å². The Morgan fingerprint density at radius 3 is 2.54 bits per heavy atom. The highest BCUT2D eigenvalue weighted by Gasteiger charge is 2.34. The average molecular weight is 509 g/mol. The topological polar surface area (TPSA) is 81.0 Å². The molecule has 2 aromatic rings. The molecule has 1 aliphatic carbocycles. The van der Waals surface area contributed by atoms with Crippen molar-refractivity contribution in [3.8, 4) is 0 Å². The number of carboxylic acids is 1. The lowest BCUT2D eigenvalue weighted by Crippen LogP contribution is -2.28. The number of allylic oxidation sites excluding steroid dienone is 5. The summed E-state index contributed by atoms with van der Waals surface area (Å²) in [7, 11) is 5.12. The average Bonchev–Trinajstić information content (AvgIpc) is 3.01. The van der Waals surface area contributed by atoms with Crippen molar-refractivity contribution in [1.29, 1.82) is 0 Å². The Morgan fingerprint density at radius 2 is 1.92 bits per heavy atom. The van der Waals surface area contributed by atoms with Crippen LogP contribution in [0.3, 0.4) is 0 Å². The van der Waals surface area contributed by atoms with Crippen molar-refractivity contribution in [3.63, 3.8) is 0 Å². The second-order valence-corrected chi connectivity index (χ2v) is 10.0. The Balaban J connectivity index is 2.35. The lowest BCUT2D eigenvalue weighted by Gasteiger charge is -2.30. The molecule has 3 rings (SSSR count). The number of carbonyl (C=O) groups is 2. The van der Waals surface area contributed by atoms with Crippen LogP contribution in [-0.2, 0) is 26.2 Å². The zero-order valence-electron chi connectivity index (χ0n) is 23.0. The standard InChI is InChI=1S/C30H40N2O5/c1-7-16-30(3,8-2)27-24-15-13-22(29(34)35)19-25(24)32(20-26(33)31(4)5)28(27)21-10-9-11-23(14-12-21)37-18-17-36-6/h9,11-15,19H,7-8,10,16-18,20H2,1-6H3,(H,34,35). The number of amides is 1. The number of carbonyl (C=O) groups excluding carboxylic acids is 1. The number of hydrogen-bond acceptors (Lipinski definition) is 4. The molecule has 1 heterocycles. The van der Waals surface area contributed by atoms with Gasteiger partial charge in [-0.3, -0.25) is 4.79 Å². The van der Waals surface area contributed by atoms with Crippen molar-refractivity contribution in [1.82, 2.24) is 9.47 Å². The number of nitrogens with zero attached hydrogens (tertiary/aromatic N) is 2. The van der Waals surface area contributed by atoms with E-state index in [1.807, 2.05) is 22.8 Å². The van der Waals surface area contributed by atoms with Crippen molar-refractivity contribution in [3.05, 3.63) is 65.1 Å². The maximum absolute atomic E-state index is 13.0. The molecule has 0 saturated heterocycles. The first-order chi connectivity index (χ1) is 17.7. The van der Waals surface area contributed by atoms with E-state index in [1.165, 1.54) is 5.56 Å². The van der Waals surface area contributed by atoms with Crippen molar-refractivity contribution >= 4 is 28.4 Å². The summed E-state index contributed by atoms with van der Waals surface area (Å²) in [6.07, 6.45) is 11.6. The first-order valence-electron chi connectivity index (χ1n) is 13.0. The molecule has 7 heteroatoms. The van der Waals surface area contributed by atoms with E-state index in [4.69, 9.17) is 9.47 Å². The number of aromatic nitrogens is 1. The minimum absolute atomic E-state index is 0.0528. The molecule has 1 aliphatic rings. The number of benzene rings is 1. The van der Waals surface area contributed by atoms with Crippen molar-refractivity contribution < 1.29 is 24.2 Å². The van der Waals surface area contributed by atoms with Crippen LogP contribution in [0.4, 0.5) is 0 Å². The van der Waals surface area contributed by atoms with Crippen LogP contribution in [0.2, 0.25) is 0 Å². The van der Waals surface area contributed by atoms with Crippen LogP contribution in [-0.4, -0.2) is 60.9 Å². The van der Waals surface area contributed by atoms with Gasteiger partial charge in [-0.05, 0) is 60.1 Å². The van der Waals surface area contributed by atoms with Crippen LogP contribution in [0, 0.1) is 0 Å². The molecule has 0 aliphatic heterocycles. The maximum Gasteiger partial charge on any atom is 0.335 e. The number of carboxylic acid groups (broad SMARTS) is 1. The number of ether oxygens (including phenoxy) is 2. The largest absolute Gasteiger partial charge is 0.491 e. The Bertz CT molecular complexity index is 1230. The van der Waals surface area contributed by atoms with Gasteiger partial charge >= 0.3 is 5.97 Å². The van der Waals surface area contributed by atoms with Crippen LogP contribution < -0.4 is 0 Å². The molecular weight excluding hydrogens is 468 g/mol. The zero-order chi connectivity index (χ0) is 27.2. The molecular formula is C30H40N2O5. The van der Waals surface area contributed by atoms with Gasteiger partial charge in [0, 0.05) is 32.3 Å². The third-order valence-corrected chi connectivity index (χ3v) is 7.22. The number of rotatable bonds is 12. The molecule has 0 bridgehead atoms. The lowest BCUT2D eigenvalue weighted by molar-refractivity contribution is -0.129. The fourth-order valence-electron chi connectivity index (χ4n) is 5.02. The molecule has 0 radical (unpaired) electrons. The van der Waals surface area contributed by atoms with Gasteiger partial charge in [0.15, 0.2) is 0 Å². The summed E-state index contributed by atoms with van der Waals surface area (Å²) in [6, 6.07) is 5.29. The number of methoxy groups -OCH3 is 1. The fraction of sp³-hybridized carbons (Fsp3) is 0.467. The van der Waals surface area contributed by atoms with Gasteiger partial charge in [0.05, 0.1) is 17.7 Å². The van der Waals surface area contributed by atoms with E-state index in [1.54, 1.807) is 38.2 Å². The van der Waals surface area contributed by atoms with E-state index in [0.29, 0.717) is 19.6 Å². The number of fused-ring (bicyclic) bond motifs is 1. The summed E-state index contributed by atoms with van der Waals surface area (Å²) in [5.41, 5.74) is 4.05. The summed E-state index contributed by atoms with van der Waals surface area (Å²) in [6.45, 7) is 7.74. The van der Waals surface area contributed by atoms with Gasteiger partial charge in [-0.1, -0.05) is 45.4 Å². The van der Waals surface area contributed by atoms with E-state index < -0.39 is 5.97 Å². The molecule has 1 aromatic heterocycles. The molecule has 37 heavy (non-hydrogen) atoms. The van der Waals surface area contributed by atoms with Gasteiger partial charge in [-0.25, -0.2) is 4.79 Å². The molecule has 0 spiro atoms. The fourth-order valence-corrected chi connectivity index (χ4v) is 5.02. The quantitative estimate of drug-likeness (QED) is 0.367. The third kappa shape index (κ3) is 6.16. The van der Waals surface area contributed by atoms with E-state index in [-0.39, 0.29) is 23.4 Å². The van der Waals surface area contributed by atoms with Gasteiger partial charge < -0.3 is 24.0 Å². The predicted octanol–water partition coefficient (Wildman–Crippen LogP) is 5.79. The molecule has 200 valence electrons. The number of aromatic carboxylic acids is 1. The van der Waals surface area contributed by atoms with Crippen LogP contribution in [0.5, 0.6) is 0 Å². The Morgan fingerprint density at radius 1 is 1.16 bits per heavy atom. The molecule has 1 unspecified atom stereocenters. The van der Waals surface area contributed by atoms with E-state index >= 15 is 0 Å². The monoisotopic (exact) mass is 508 g/mol. The molecule has 1 amide bonds. The molecule has 1 N–H and O–H groups in total. The third-order valence-electron chi connectivity index (χ3n) is 7.22. The predicted molar refractivity (Wildman–Crippen MR) is 148 cm³/mol. The normalized spacial score (nSPS) is 15.1. The van der Waals surface area contributed by atoms with Gasteiger partial charge in [0.25, 0.3) is 0 Å². The summed E-state index contributed by atoms with van der Waals surface area (Å²) in [5.74, 6) is -0.287. The van der Waals surface area contributed by atoms with Crippen LogP contribution in [0.25, 0.3) is 16.5 Å². The van der Waals surface area contributed by atoms with Crippen molar-refractivity contribution in [2.75, 3.05) is 34.4 Å². The highest BCUT2D eigenvalue weighted by atomic mass is 16.5. The Labute approximate surface area is 220 Å². The molecule has 0 fully saturated rings. The van der Waals surface area contributed by atoms with E-state index in [0.717, 1.165) is 47.2 Å². The van der Waals surface area contributed by atoms with Crippen LogP contribution in [0.1, 0.15) is 68.1 Å². The Kier molecular flexibility index (Phi) is 9.38. The molecule has 1 aromatic carbocycles. The first-order valence-corrected chi connectivity index (χ1v) is 13.0. The highest BCUT2D eigenvalue weighted by molar-refractivity contribution is 5.98. The minimum atomic E-state index is -0.985. The van der Waals surface area contributed by atoms with E-state index in [9.17, 15) is 14.7 Å². The minimum Gasteiger partial charge on any atom is -0.491 e. The van der Waals surface area contributed by atoms with Gasteiger partial charge in [-0.15, -0.1) is 0 Å². The number of likely N-dealkylation sites (N-methyl/N-ethyl adjacent to an activating group) is 1. The first kappa shape index (κ1) is 28.3. The zero-order valence-corrected chi connectivity index (χ0v) is 23.0. The summed E-state index contributed by atoms with van der Waals surface area (Å²) >= 11 is 0. The summed E-state index contributed by atoms with van der Waals surface area (Å²) < 4.78 is 13.0. The molecule has 0 saturated carbocycles. The lowest BCUT2D eigenvalue weighted by atomic mass is 9.74. The highest BCUT2D eigenvalue weighted by Crippen LogP contribution is 2.44. The summed E-state index contributed by atoms with van der Waals surface area (Å²) in [5, 5.41) is 10.7. The maximum atomic E-state index is 13.0. The van der Waals surface area contributed by atoms with E-state index in [2.05, 4.69) is 32.9 Å². The number of hydrogen-bond donors (Lipinski definition) is 1. The summed E-state index contributed by atoms with van der Waals surface area (Å²) in [4.78, 5) is 26.5.